The molecule has 1 heterocycles. The molecule has 0 spiro atoms. The van der Waals surface area contributed by atoms with Crippen LogP contribution in [0.25, 0.3) is 0 Å². The number of methoxy groups -OCH3 is 2. The molecule has 1 aromatic rings. The van der Waals surface area contributed by atoms with Gasteiger partial charge < -0.3 is 9.47 Å². The summed E-state index contributed by atoms with van der Waals surface area (Å²) in [5, 5.41) is 8.68. The van der Waals surface area contributed by atoms with Crippen LogP contribution in [0, 0.1) is 11.3 Å². The molecule has 0 aliphatic heterocycles. The van der Waals surface area contributed by atoms with Gasteiger partial charge in [-0.1, -0.05) is 0 Å². The van der Waals surface area contributed by atoms with E-state index in [4.69, 9.17) is 14.7 Å². The standard InChI is InChI=1S/C8H7BrN2O2/c1-12-6-3-7(13-2)8(9)11-5(6)4-10/h3H,1-2H3. The Morgan fingerprint density at radius 2 is 2.00 bits per heavy atom. The van der Waals surface area contributed by atoms with Crippen molar-refractivity contribution < 1.29 is 9.47 Å². The lowest BCUT2D eigenvalue weighted by molar-refractivity contribution is 0.387. The third-order valence-electron chi connectivity index (χ3n) is 1.45. The molecule has 0 aromatic carbocycles. The summed E-state index contributed by atoms with van der Waals surface area (Å²) >= 11 is 3.17. The van der Waals surface area contributed by atoms with Crippen LogP contribution < -0.4 is 9.47 Å². The van der Waals surface area contributed by atoms with Crippen molar-refractivity contribution in [3.05, 3.63) is 16.4 Å². The van der Waals surface area contributed by atoms with E-state index in [9.17, 15) is 0 Å². The number of nitriles is 1. The van der Waals surface area contributed by atoms with Crippen LogP contribution in [0.5, 0.6) is 11.5 Å². The quantitative estimate of drug-likeness (QED) is 0.742. The van der Waals surface area contributed by atoms with E-state index in [1.165, 1.54) is 14.2 Å². The van der Waals surface area contributed by atoms with Gasteiger partial charge in [-0.3, -0.25) is 0 Å². The van der Waals surface area contributed by atoms with Crippen molar-refractivity contribution in [3.8, 4) is 17.6 Å². The van der Waals surface area contributed by atoms with Crippen LogP contribution in [0.3, 0.4) is 0 Å². The number of rotatable bonds is 2. The Bertz CT molecular complexity index is 360. The molecule has 68 valence electrons. The van der Waals surface area contributed by atoms with Gasteiger partial charge in [0.2, 0.25) is 0 Å². The fourth-order valence-electron chi connectivity index (χ4n) is 0.834. The smallest absolute Gasteiger partial charge is 0.183 e. The number of hydrogen-bond donors (Lipinski definition) is 0. The van der Waals surface area contributed by atoms with E-state index in [0.717, 1.165) is 0 Å². The van der Waals surface area contributed by atoms with Gasteiger partial charge in [0.05, 0.1) is 14.2 Å². The van der Waals surface area contributed by atoms with Crippen LogP contribution >= 0.6 is 15.9 Å². The summed E-state index contributed by atoms with van der Waals surface area (Å²) in [5.74, 6) is 0.943. The van der Waals surface area contributed by atoms with E-state index in [0.29, 0.717) is 16.1 Å². The number of pyridine rings is 1. The van der Waals surface area contributed by atoms with E-state index in [2.05, 4.69) is 20.9 Å². The molecule has 5 heteroatoms. The molecule has 0 bridgehead atoms. The molecule has 13 heavy (non-hydrogen) atoms. The van der Waals surface area contributed by atoms with Crippen LogP contribution in [0.1, 0.15) is 5.69 Å². The summed E-state index contributed by atoms with van der Waals surface area (Å²) < 4.78 is 10.4. The van der Waals surface area contributed by atoms with Crippen LogP contribution in [0.15, 0.2) is 10.7 Å². The van der Waals surface area contributed by atoms with Crippen molar-refractivity contribution in [1.82, 2.24) is 4.98 Å². The average molecular weight is 243 g/mol. The summed E-state index contributed by atoms with van der Waals surface area (Å²) in [6.45, 7) is 0. The van der Waals surface area contributed by atoms with Crippen molar-refractivity contribution >= 4 is 15.9 Å². The van der Waals surface area contributed by atoms with Gasteiger partial charge >= 0.3 is 0 Å². The zero-order valence-corrected chi connectivity index (χ0v) is 8.75. The van der Waals surface area contributed by atoms with Crippen molar-refractivity contribution in [3.63, 3.8) is 0 Å². The first kappa shape index (κ1) is 9.81. The first-order valence-electron chi connectivity index (χ1n) is 3.41. The fraction of sp³-hybridized carbons (Fsp3) is 0.250. The normalized spacial score (nSPS) is 9.08. The van der Waals surface area contributed by atoms with E-state index in [1.807, 2.05) is 6.07 Å². The molecule has 0 atom stereocenters. The molecule has 0 aliphatic rings. The maximum atomic E-state index is 8.68. The number of aromatic nitrogens is 1. The number of hydrogen-bond acceptors (Lipinski definition) is 4. The van der Waals surface area contributed by atoms with E-state index >= 15 is 0 Å². The minimum Gasteiger partial charge on any atom is -0.494 e. The lowest BCUT2D eigenvalue weighted by Gasteiger charge is -2.06. The molecular weight excluding hydrogens is 236 g/mol. The number of halogens is 1. The van der Waals surface area contributed by atoms with Gasteiger partial charge in [-0.15, -0.1) is 0 Å². The van der Waals surface area contributed by atoms with Crippen molar-refractivity contribution in [2.75, 3.05) is 14.2 Å². The maximum Gasteiger partial charge on any atom is 0.183 e. The lowest BCUT2D eigenvalue weighted by Crippen LogP contribution is -1.95. The van der Waals surface area contributed by atoms with Crippen molar-refractivity contribution in [2.45, 2.75) is 0 Å². The molecule has 1 aromatic heterocycles. The highest BCUT2D eigenvalue weighted by molar-refractivity contribution is 9.10. The molecule has 0 saturated carbocycles. The lowest BCUT2D eigenvalue weighted by atomic mass is 10.3. The molecular formula is C8H7BrN2O2. The third kappa shape index (κ3) is 1.90. The number of ether oxygens (including phenoxy) is 2. The third-order valence-corrected chi connectivity index (χ3v) is 2.02. The van der Waals surface area contributed by atoms with Crippen LogP contribution in [0.4, 0.5) is 0 Å². The van der Waals surface area contributed by atoms with Gasteiger partial charge in [-0.2, -0.15) is 5.26 Å². The molecule has 0 radical (unpaired) electrons. The number of nitrogens with zero attached hydrogens (tertiary/aromatic N) is 2. The van der Waals surface area contributed by atoms with E-state index in [-0.39, 0.29) is 5.69 Å². The van der Waals surface area contributed by atoms with Gasteiger partial charge in [0, 0.05) is 6.07 Å². The topological polar surface area (TPSA) is 55.1 Å². The molecule has 0 amide bonds. The molecule has 4 nitrogen and oxygen atoms in total. The Balaban J connectivity index is 3.28. The van der Waals surface area contributed by atoms with Gasteiger partial charge in [0.1, 0.15) is 10.7 Å². The van der Waals surface area contributed by atoms with Gasteiger partial charge in [0.25, 0.3) is 0 Å². The minimum atomic E-state index is 0.232. The zero-order valence-electron chi connectivity index (χ0n) is 7.17. The molecule has 1 rings (SSSR count). The van der Waals surface area contributed by atoms with Crippen molar-refractivity contribution in [1.29, 1.82) is 5.26 Å². The predicted octanol–water partition coefficient (Wildman–Crippen LogP) is 1.73. The van der Waals surface area contributed by atoms with Gasteiger partial charge in [-0.25, -0.2) is 4.98 Å². The summed E-state index contributed by atoms with van der Waals surface area (Å²) in [4.78, 5) is 3.94. The first-order valence-corrected chi connectivity index (χ1v) is 4.20. The van der Waals surface area contributed by atoms with Crippen LogP contribution in [-0.4, -0.2) is 19.2 Å². The average Bonchev–Trinajstić information content (AvgIpc) is 2.17. The zero-order chi connectivity index (χ0) is 9.84. The second-order valence-electron chi connectivity index (χ2n) is 2.14. The van der Waals surface area contributed by atoms with Crippen LogP contribution in [0.2, 0.25) is 0 Å². The molecule has 0 unspecified atom stereocenters. The molecule has 0 aliphatic carbocycles. The molecule has 0 fully saturated rings. The Morgan fingerprint density at radius 3 is 2.46 bits per heavy atom. The van der Waals surface area contributed by atoms with E-state index < -0.39 is 0 Å². The monoisotopic (exact) mass is 242 g/mol. The minimum absolute atomic E-state index is 0.232. The molecule has 0 N–H and O–H groups in total. The van der Waals surface area contributed by atoms with Crippen LogP contribution in [-0.2, 0) is 0 Å². The Kier molecular flexibility index (Phi) is 3.09. The largest absolute Gasteiger partial charge is 0.494 e. The van der Waals surface area contributed by atoms with Crippen molar-refractivity contribution in [2.24, 2.45) is 0 Å². The maximum absolute atomic E-state index is 8.68. The highest BCUT2D eigenvalue weighted by Gasteiger charge is 2.10. The summed E-state index contributed by atoms with van der Waals surface area (Å²) in [6.07, 6.45) is 0. The Labute approximate surface area is 84.2 Å². The summed E-state index contributed by atoms with van der Waals surface area (Å²) in [7, 11) is 3.00. The predicted molar refractivity (Wildman–Crippen MR) is 49.8 cm³/mol. The highest BCUT2D eigenvalue weighted by atomic mass is 79.9. The van der Waals surface area contributed by atoms with Gasteiger partial charge in [0.15, 0.2) is 17.2 Å². The summed E-state index contributed by atoms with van der Waals surface area (Å²) in [5.41, 5.74) is 0.232. The highest BCUT2D eigenvalue weighted by Crippen LogP contribution is 2.29. The Morgan fingerprint density at radius 1 is 1.38 bits per heavy atom. The second-order valence-corrected chi connectivity index (χ2v) is 2.90. The molecule has 0 saturated heterocycles. The second kappa shape index (κ2) is 4.10. The Hall–Kier alpha value is -1.28. The fourth-order valence-corrected chi connectivity index (χ4v) is 1.29. The summed E-state index contributed by atoms with van der Waals surface area (Å²) in [6, 6.07) is 3.52. The SMILES string of the molecule is COc1cc(OC)c(C#N)nc1Br. The first-order chi connectivity index (χ1) is 6.22. The van der Waals surface area contributed by atoms with E-state index in [1.54, 1.807) is 6.07 Å². The van der Waals surface area contributed by atoms with Gasteiger partial charge in [-0.05, 0) is 15.9 Å².